The van der Waals surface area contributed by atoms with Gasteiger partial charge in [0.2, 0.25) is 0 Å². The molecule has 0 aliphatic heterocycles. The van der Waals surface area contributed by atoms with Crippen molar-refractivity contribution in [3.63, 3.8) is 0 Å². The zero-order valence-electron chi connectivity index (χ0n) is 12.0. The third kappa shape index (κ3) is 4.11. The van der Waals surface area contributed by atoms with Crippen LogP contribution in [0.15, 0.2) is 40.9 Å². The maximum Gasteiger partial charge on any atom is 0.161 e. The number of hydrogen-bond acceptors (Lipinski definition) is 3. The predicted octanol–water partition coefficient (Wildman–Crippen LogP) is 4.61. The van der Waals surface area contributed by atoms with Crippen LogP contribution in [0, 0.1) is 5.82 Å². The van der Waals surface area contributed by atoms with Gasteiger partial charge in [-0.2, -0.15) is 0 Å². The highest BCUT2D eigenvalue weighted by molar-refractivity contribution is 9.10. The largest absolute Gasteiger partial charge is 0.493 e. The first-order chi connectivity index (χ1) is 10.1. The number of nitrogens with one attached hydrogen (secondary N) is 1. The SMILES string of the molecule is CCOc1ccc(CNc2cc(Br)ccc2F)cc1OC. The third-order valence-electron chi connectivity index (χ3n) is 2.94. The molecule has 0 atom stereocenters. The van der Waals surface area contributed by atoms with Crippen LogP contribution in [0.2, 0.25) is 0 Å². The topological polar surface area (TPSA) is 30.5 Å². The molecule has 3 nitrogen and oxygen atoms in total. The molecule has 0 radical (unpaired) electrons. The number of rotatable bonds is 6. The van der Waals surface area contributed by atoms with E-state index in [0.717, 1.165) is 10.0 Å². The van der Waals surface area contributed by atoms with Crippen molar-refractivity contribution in [3.05, 3.63) is 52.3 Å². The second kappa shape index (κ2) is 7.31. The van der Waals surface area contributed by atoms with Crippen molar-refractivity contribution in [1.29, 1.82) is 0 Å². The lowest BCUT2D eigenvalue weighted by atomic mass is 10.2. The molecule has 0 bridgehead atoms. The predicted molar refractivity (Wildman–Crippen MR) is 85.6 cm³/mol. The Morgan fingerprint density at radius 1 is 1.14 bits per heavy atom. The van der Waals surface area contributed by atoms with E-state index in [9.17, 15) is 4.39 Å². The average molecular weight is 354 g/mol. The van der Waals surface area contributed by atoms with E-state index in [4.69, 9.17) is 9.47 Å². The first kappa shape index (κ1) is 15.6. The highest BCUT2D eigenvalue weighted by Gasteiger charge is 2.07. The molecule has 21 heavy (non-hydrogen) atoms. The van der Waals surface area contributed by atoms with Gasteiger partial charge in [-0.15, -0.1) is 0 Å². The quantitative estimate of drug-likeness (QED) is 0.822. The summed E-state index contributed by atoms with van der Waals surface area (Å²) in [6.07, 6.45) is 0. The van der Waals surface area contributed by atoms with Crippen LogP contribution in [0.1, 0.15) is 12.5 Å². The summed E-state index contributed by atoms with van der Waals surface area (Å²) in [4.78, 5) is 0. The fourth-order valence-electron chi connectivity index (χ4n) is 1.93. The van der Waals surface area contributed by atoms with Crippen LogP contribution in [-0.2, 0) is 6.54 Å². The van der Waals surface area contributed by atoms with Crippen molar-refractivity contribution in [2.75, 3.05) is 19.0 Å². The van der Waals surface area contributed by atoms with Gasteiger partial charge >= 0.3 is 0 Å². The van der Waals surface area contributed by atoms with Crippen LogP contribution in [0.4, 0.5) is 10.1 Å². The minimum atomic E-state index is -0.281. The highest BCUT2D eigenvalue weighted by atomic mass is 79.9. The summed E-state index contributed by atoms with van der Waals surface area (Å²) < 4.78 is 25.3. The molecule has 2 aromatic rings. The molecule has 1 N–H and O–H groups in total. The van der Waals surface area contributed by atoms with Crippen LogP contribution >= 0.6 is 15.9 Å². The first-order valence-corrected chi connectivity index (χ1v) is 7.42. The molecule has 0 unspecified atom stereocenters. The van der Waals surface area contributed by atoms with E-state index in [-0.39, 0.29) is 5.82 Å². The molecule has 5 heteroatoms. The Morgan fingerprint density at radius 3 is 2.67 bits per heavy atom. The molecule has 0 aliphatic carbocycles. The highest BCUT2D eigenvalue weighted by Crippen LogP contribution is 2.28. The van der Waals surface area contributed by atoms with Gasteiger partial charge < -0.3 is 14.8 Å². The van der Waals surface area contributed by atoms with Crippen molar-refractivity contribution in [2.45, 2.75) is 13.5 Å². The van der Waals surface area contributed by atoms with E-state index in [1.807, 2.05) is 25.1 Å². The molecular formula is C16H17BrFNO2. The minimum absolute atomic E-state index is 0.281. The van der Waals surface area contributed by atoms with Crippen molar-refractivity contribution in [2.24, 2.45) is 0 Å². The molecule has 112 valence electrons. The summed E-state index contributed by atoms with van der Waals surface area (Å²) in [5, 5.41) is 3.07. The van der Waals surface area contributed by atoms with Crippen LogP contribution in [-0.4, -0.2) is 13.7 Å². The van der Waals surface area contributed by atoms with Crippen molar-refractivity contribution in [1.82, 2.24) is 0 Å². The van der Waals surface area contributed by atoms with E-state index >= 15 is 0 Å². The Bertz CT molecular complexity index is 619. The zero-order valence-corrected chi connectivity index (χ0v) is 13.5. The van der Waals surface area contributed by atoms with Gasteiger partial charge in [-0.1, -0.05) is 22.0 Å². The Hall–Kier alpha value is -1.75. The monoisotopic (exact) mass is 353 g/mol. The number of methoxy groups -OCH3 is 1. The smallest absolute Gasteiger partial charge is 0.161 e. The van der Waals surface area contributed by atoms with Gasteiger partial charge in [0.05, 0.1) is 19.4 Å². The molecule has 0 amide bonds. The second-order valence-corrected chi connectivity index (χ2v) is 5.31. The van der Waals surface area contributed by atoms with Crippen LogP contribution < -0.4 is 14.8 Å². The Balaban J connectivity index is 2.11. The van der Waals surface area contributed by atoms with Crippen LogP contribution in [0.3, 0.4) is 0 Å². The van der Waals surface area contributed by atoms with Gasteiger partial charge in [0.1, 0.15) is 5.82 Å². The van der Waals surface area contributed by atoms with Gasteiger partial charge in [-0.05, 0) is 42.8 Å². The molecular weight excluding hydrogens is 337 g/mol. The van der Waals surface area contributed by atoms with Crippen molar-refractivity contribution < 1.29 is 13.9 Å². The summed E-state index contributed by atoms with van der Waals surface area (Å²) in [5.74, 6) is 1.10. The molecule has 0 aliphatic rings. The summed E-state index contributed by atoms with van der Waals surface area (Å²) in [7, 11) is 1.60. The second-order valence-electron chi connectivity index (χ2n) is 4.40. The lowest BCUT2D eigenvalue weighted by Crippen LogP contribution is -2.02. The van der Waals surface area contributed by atoms with E-state index in [2.05, 4.69) is 21.2 Å². The van der Waals surface area contributed by atoms with Gasteiger partial charge in [0.25, 0.3) is 0 Å². The van der Waals surface area contributed by atoms with E-state index < -0.39 is 0 Å². The number of ether oxygens (including phenoxy) is 2. The molecule has 0 heterocycles. The normalized spacial score (nSPS) is 10.3. The lowest BCUT2D eigenvalue weighted by Gasteiger charge is -2.12. The Labute approximate surface area is 132 Å². The average Bonchev–Trinajstić information content (AvgIpc) is 2.49. The molecule has 0 aromatic heterocycles. The fraction of sp³-hybridized carbons (Fsp3) is 0.250. The third-order valence-corrected chi connectivity index (χ3v) is 3.43. The van der Waals surface area contributed by atoms with E-state index in [0.29, 0.717) is 30.3 Å². The van der Waals surface area contributed by atoms with Gasteiger partial charge in [-0.3, -0.25) is 0 Å². The van der Waals surface area contributed by atoms with Gasteiger partial charge in [0, 0.05) is 11.0 Å². The van der Waals surface area contributed by atoms with Crippen molar-refractivity contribution in [3.8, 4) is 11.5 Å². The minimum Gasteiger partial charge on any atom is -0.493 e. The Morgan fingerprint density at radius 2 is 1.95 bits per heavy atom. The van der Waals surface area contributed by atoms with Gasteiger partial charge in [-0.25, -0.2) is 4.39 Å². The first-order valence-electron chi connectivity index (χ1n) is 6.62. The number of anilines is 1. The molecule has 0 spiro atoms. The Kier molecular flexibility index (Phi) is 5.44. The van der Waals surface area contributed by atoms with Crippen molar-refractivity contribution >= 4 is 21.6 Å². The summed E-state index contributed by atoms with van der Waals surface area (Å²) >= 11 is 3.33. The standard InChI is InChI=1S/C16H17BrFNO2/c1-3-21-15-7-4-11(8-16(15)20-2)10-19-14-9-12(17)5-6-13(14)18/h4-9,19H,3,10H2,1-2H3. The number of benzene rings is 2. The van der Waals surface area contributed by atoms with E-state index in [1.165, 1.54) is 6.07 Å². The summed E-state index contributed by atoms with van der Waals surface area (Å²) in [5.41, 5.74) is 1.44. The van der Waals surface area contributed by atoms with Crippen LogP contribution in [0.25, 0.3) is 0 Å². The number of halogens is 2. The summed E-state index contributed by atoms with van der Waals surface area (Å²) in [6, 6.07) is 10.5. The maximum absolute atomic E-state index is 13.7. The molecule has 0 saturated heterocycles. The van der Waals surface area contributed by atoms with Crippen LogP contribution in [0.5, 0.6) is 11.5 Å². The lowest BCUT2D eigenvalue weighted by molar-refractivity contribution is 0.310. The van der Waals surface area contributed by atoms with E-state index in [1.54, 1.807) is 19.2 Å². The molecule has 0 saturated carbocycles. The zero-order chi connectivity index (χ0) is 15.2. The molecule has 0 fully saturated rings. The molecule has 2 aromatic carbocycles. The number of hydrogen-bond donors (Lipinski definition) is 1. The fourth-order valence-corrected chi connectivity index (χ4v) is 2.29. The molecule has 2 rings (SSSR count). The maximum atomic E-state index is 13.7. The summed E-state index contributed by atoms with van der Waals surface area (Å²) in [6.45, 7) is 3.00. The van der Waals surface area contributed by atoms with Gasteiger partial charge in [0.15, 0.2) is 11.5 Å².